The minimum Gasteiger partial charge on any atom is -0.390 e. The van der Waals surface area contributed by atoms with Gasteiger partial charge in [0.05, 0.1) is 0 Å². The van der Waals surface area contributed by atoms with Gasteiger partial charge in [-0.05, 0) is 54.0 Å². The number of rotatable bonds is 9. The number of carbonyl (C=O) groups excluding carboxylic acids is 1. The van der Waals surface area contributed by atoms with Crippen molar-refractivity contribution in [1.82, 2.24) is 0 Å². The average Bonchev–Trinajstić information content (AvgIpc) is 2.65. The van der Waals surface area contributed by atoms with Crippen LogP contribution >= 0.6 is 0 Å². The SMILES string of the molecule is CN(CCC[Si](O)(O)O)c1ccc(/C=C/C(=O)/C=C/c2ccc(F)cc2)cc1. The van der Waals surface area contributed by atoms with E-state index in [-0.39, 0.29) is 17.6 Å². The summed E-state index contributed by atoms with van der Waals surface area (Å²) < 4.78 is 12.8. The number of anilines is 1. The van der Waals surface area contributed by atoms with E-state index < -0.39 is 8.80 Å². The van der Waals surface area contributed by atoms with Gasteiger partial charge in [-0.3, -0.25) is 4.79 Å². The Labute approximate surface area is 165 Å². The van der Waals surface area contributed by atoms with Crippen molar-refractivity contribution in [2.45, 2.75) is 12.5 Å². The van der Waals surface area contributed by atoms with Crippen molar-refractivity contribution >= 4 is 32.4 Å². The van der Waals surface area contributed by atoms with Crippen molar-refractivity contribution in [1.29, 1.82) is 0 Å². The summed E-state index contributed by atoms with van der Waals surface area (Å²) in [4.78, 5) is 41.0. The van der Waals surface area contributed by atoms with Crippen molar-refractivity contribution in [3.8, 4) is 0 Å². The third-order valence-corrected chi connectivity index (χ3v) is 5.11. The molecule has 0 amide bonds. The molecule has 0 saturated carbocycles. The number of allylic oxidation sites excluding steroid dienone is 2. The monoisotopic (exact) mass is 401 g/mol. The molecular weight excluding hydrogens is 377 g/mol. The normalized spacial score (nSPS) is 12.0. The highest BCUT2D eigenvalue weighted by Crippen LogP contribution is 2.16. The van der Waals surface area contributed by atoms with Gasteiger partial charge < -0.3 is 19.3 Å². The smallest absolute Gasteiger partial charge is 0.390 e. The molecule has 0 aliphatic heterocycles. The van der Waals surface area contributed by atoms with Gasteiger partial charge in [0.15, 0.2) is 5.78 Å². The molecular formula is C21H24FNO4Si. The first-order chi connectivity index (χ1) is 13.2. The molecule has 5 nitrogen and oxygen atoms in total. The highest BCUT2D eigenvalue weighted by molar-refractivity contribution is 6.56. The number of nitrogens with zero attached hydrogens (tertiary/aromatic N) is 1. The average molecular weight is 402 g/mol. The summed E-state index contributed by atoms with van der Waals surface area (Å²) in [5.74, 6) is -0.488. The predicted octanol–water partition coefficient (Wildman–Crippen LogP) is 2.86. The summed E-state index contributed by atoms with van der Waals surface area (Å²) in [6.07, 6.45) is 6.71. The van der Waals surface area contributed by atoms with Gasteiger partial charge in [-0.2, -0.15) is 0 Å². The molecule has 0 bridgehead atoms. The standard InChI is InChI=1S/C21H24FNO4Si/c1-23(15-2-16-28(25,26)27)20-11-5-18(6-12-20)8-14-21(24)13-7-17-3-9-19(22)10-4-17/h3-14,25-27H,2,15-16H2,1H3/b13-7+,14-8+. The van der Waals surface area contributed by atoms with Crippen LogP contribution in [0.2, 0.25) is 6.04 Å². The Kier molecular flexibility index (Phi) is 7.83. The summed E-state index contributed by atoms with van der Waals surface area (Å²) >= 11 is 0. The molecule has 7 heteroatoms. The van der Waals surface area contributed by atoms with Crippen LogP contribution in [0.15, 0.2) is 60.7 Å². The molecule has 0 fully saturated rings. The number of hydrogen-bond acceptors (Lipinski definition) is 5. The summed E-state index contributed by atoms with van der Waals surface area (Å²) in [7, 11) is -2.10. The molecule has 0 saturated heterocycles. The molecule has 0 aliphatic carbocycles. The Morgan fingerprint density at radius 3 is 1.96 bits per heavy atom. The minimum absolute atomic E-state index is 0.00567. The molecule has 0 aromatic heterocycles. The van der Waals surface area contributed by atoms with Crippen LogP contribution in [-0.4, -0.2) is 42.6 Å². The quantitative estimate of drug-likeness (QED) is 0.445. The number of benzene rings is 2. The van der Waals surface area contributed by atoms with Gasteiger partial charge in [0.25, 0.3) is 0 Å². The molecule has 0 spiro atoms. The Morgan fingerprint density at radius 1 is 0.964 bits per heavy atom. The van der Waals surface area contributed by atoms with E-state index >= 15 is 0 Å². The van der Waals surface area contributed by atoms with Gasteiger partial charge in [-0.25, -0.2) is 4.39 Å². The van der Waals surface area contributed by atoms with E-state index in [9.17, 15) is 9.18 Å². The van der Waals surface area contributed by atoms with Gasteiger partial charge in [0, 0.05) is 25.3 Å². The molecule has 148 valence electrons. The van der Waals surface area contributed by atoms with Crippen LogP contribution in [0.1, 0.15) is 17.5 Å². The predicted molar refractivity (Wildman–Crippen MR) is 111 cm³/mol. The van der Waals surface area contributed by atoms with Crippen LogP contribution in [-0.2, 0) is 4.79 Å². The maximum atomic E-state index is 12.8. The molecule has 3 N–H and O–H groups in total. The maximum Gasteiger partial charge on any atom is 0.492 e. The first-order valence-corrected chi connectivity index (χ1v) is 10.9. The lowest BCUT2D eigenvalue weighted by Gasteiger charge is -2.20. The Morgan fingerprint density at radius 2 is 1.46 bits per heavy atom. The third-order valence-electron chi connectivity index (χ3n) is 4.09. The van der Waals surface area contributed by atoms with Crippen LogP contribution in [0, 0.1) is 5.82 Å². The Balaban J connectivity index is 1.87. The summed E-state index contributed by atoms with van der Waals surface area (Å²) in [5, 5.41) is 0. The molecule has 2 rings (SSSR count). The van der Waals surface area contributed by atoms with E-state index in [4.69, 9.17) is 14.4 Å². The Bertz CT molecular complexity index is 827. The molecule has 2 aromatic carbocycles. The van der Waals surface area contributed by atoms with Crippen molar-refractivity contribution in [3.63, 3.8) is 0 Å². The van der Waals surface area contributed by atoms with Crippen molar-refractivity contribution < 1.29 is 23.6 Å². The lowest BCUT2D eigenvalue weighted by atomic mass is 10.1. The van der Waals surface area contributed by atoms with Crippen LogP contribution in [0.25, 0.3) is 12.2 Å². The number of halogens is 1. The zero-order chi connectivity index (χ0) is 20.6. The Hall–Kier alpha value is -2.58. The fourth-order valence-electron chi connectivity index (χ4n) is 2.51. The minimum atomic E-state index is -3.98. The molecule has 0 unspecified atom stereocenters. The molecule has 2 aromatic rings. The fourth-order valence-corrected chi connectivity index (χ4v) is 3.14. The summed E-state index contributed by atoms with van der Waals surface area (Å²) in [5.41, 5.74) is 2.56. The second kappa shape index (κ2) is 10.1. The topological polar surface area (TPSA) is 81.0 Å². The maximum absolute atomic E-state index is 12.8. The molecule has 0 aliphatic rings. The highest BCUT2D eigenvalue weighted by atomic mass is 28.4. The van der Waals surface area contributed by atoms with E-state index in [0.717, 1.165) is 16.8 Å². The van der Waals surface area contributed by atoms with Crippen LogP contribution in [0.3, 0.4) is 0 Å². The number of ketones is 1. The summed E-state index contributed by atoms with van der Waals surface area (Å²) in [6.45, 7) is 0.582. The molecule has 0 heterocycles. The first-order valence-electron chi connectivity index (χ1n) is 8.87. The first kappa shape index (κ1) is 21.7. The lowest BCUT2D eigenvalue weighted by molar-refractivity contribution is -0.110. The molecule has 28 heavy (non-hydrogen) atoms. The second-order valence-electron chi connectivity index (χ2n) is 6.51. The van der Waals surface area contributed by atoms with Gasteiger partial charge in [0.2, 0.25) is 0 Å². The zero-order valence-electron chi connectivity index (χ0n) is 15.6. The number of hydrogen-bond donors (Lipinski definition) is 3. The molecule has 0 atom stereocenters. The van der Waals surface area contributed by atoms with Gasteiger partial charge in [-0.1, -0.05) is 36.4 Å². The van der Waals surface area contributed by atoms with E-state index in [1.807, 2.05) is 36.2 Å². The van der Waals surface area contributed by atoms with Crippen LogP contribution in [0.5, 0.6) is 0 Å². The van der Waals surface area contributed by atoms with Crippen molar-refractivity contribution in [2.24, 2.45) is 0 Å². The van der Waals surface area contributed by atoms with Gasteiger partial charge in [-0.15, -0.1) is 0 Å². The van der Waals surface area contributed by atoms with Crippen molar-refractivity contribution in [2.75, 3.05) is 18.5 Å². The van der Waals surface area contributed by atoms with E-state index in [2.05, 4.69) is 0 Å². The van der Waals surface area contributed by atoms with Gasteiger partial charge in [0.1, 0.15) is 5.82 Å². The van der Waals surface area contributed by atoms with Gasteiger partial charge >= 0.3 is 8.80 Å². The number of carbonyl (C=O) groups is 1. The van der Waals surface area contributed by atoms with Crippen molar-refractivity contribution in [3.05, 3.63) is 77.6 Å². The van der Waals surface area contributed by atoms with Crippen LogP contribution in [0.4, 0.5) is 10.1 Å². The third kappa shape index (κ3) is 7.97. The zero-order valence-corrected chi connectivity index (χ0v) is 16.6. The summed E-state index contributed by atoms with van der Waals surface area (Å²) in [6, 6.07) is 13.4. The van der Waals surface area contributed by atoms with E-state index in [0.29, 0.717) is 13.0 Å². The van der Waals surface area contributed by atoms with E-state index in [1.165, 1.54) is 24.3 Å². The fraction of sp³-hybridized carbons (Fsp3) is 0.190. The largest absolute Gasteiger partial charge is 0.492 e. The lowest BCUT2D eigenvalue weighted by Crippen LogP contribution is -2.35. The molecule has 0 radical (unpaired) electrons. The van der Waals surface area contributed by atoms with Crippen LogP contribution < -0.4 is 4.90 Å². The highest BCUT2D eigenvalue weighted by Gasteiger charge is 2.25. The second-order valence-corrected chi connectivity index (χ2v) is 8.56. The van der Waals surface area contributed by atoms with E-state index in [1.54, 1.807) is 24.3 Å².